The van der Waals surface area contributed by atoms with Crippen LogP contribution >= 0.6 is 0 Å². The Bertz CT molecular complexity index is 1220. The lowest BCUT2D eigenvalue weighted by Crippen LogP contribution is -2.49. The molecule has 6 heteroatoms. The molecule has 1 aliphatic heterocycles. The second kappa shape index (κ2) is 6.61. The van der Waals surface area contributed by atoms with Crippen molar-refractivity contribution in [1.29, 1.82) is 0 Å². The van der Waals surface area contributed by atoms with Gasteiger partial charge in [0.1, 0.15) is 11.3 Å². The van der Waals surface area contributed by atoms with Crippen LogP contribution in [0.1, 0.15) is 41.1 Å². The van der Waals surface area contributed by atoms with E-state index in [1.54, 1.807) is 0 Å². The van der Waals surface area contributed by atoms with Gasteiger partial charge in [0.2, 0.25) is 0 Å². The zero-order valence-corrected chi connectivity index (χ0v) is 18.8. The maximum atomic E-state index is 13.8. The van der Waals surface area contributed by atoms with Crippen molar-refractivity contribution in [1.82, 2.24) is 9.21 Å². The number of hydrogen-bond acceptors (Lipinski definition) is 4. The van der Waals surface area contributed by atoms with Crippen LogP contribution in [0.4, 0.5) is 0 Å². The Hall–Kier alpha value is -2.28. The minimum atomic E-state index is -2.72. The van der Waals surface area contributed by atoms with Gasteiger partial charge in [0, 0.05) is 53.7 Å². The van der Waals surface area contributed by atoms with E-state index >= 15 is 0 Å². The van der Waals surface area contributed by atoms with Crippen LogP contribution in [0.2, 0.25) is 0 Å². The van der Waals surface area contributed by atoms with Crippen molar-refractivity contribution in [2.24, 2.45) is 0 Å². The van der Waals surface area contributed by atoms with Crippen molar-refractivity contribution < 1.29 is 13.4 Å². The molecule has 0 unspecified atom stereocenters. The van der Waals surface area contributed by atoms with Crippen LogP contribution in [0.5, 0.6) is 0 Å². The number of carbonyl (C=O) groups excluding carboxylic acids is 1. The molecular weight excluding hydrogens is 396 g/mol. The van der Waals surface area contributed by atoms with Gasteiger partial charge in [0.25, 0.3) is 0 Å². The van der Waals surface area contributed by atoms with Crippen LogP contribution < -0.4 is 0 Å². The Morgan fingerprint density at radius 2 is 1.73 bits per heavy atom. The summed E-state index contributed by atoms with van der Waals surface area (Å²) in [6.07, 6.45) is 1.85. The highest BCUT2D eigenvalue weighted by Crippen LogP contribution is 2.46. The van der Waals surface area contributed by atoms with E-state index in [9.17, 15) is 9.00 Å². The quantitative estimate of drug-likeness (QED) is 0.640. The molecule has 30 heavy (non-hydrogen) atoms. The van der Waals surface area contributed by atoms with E-state index < -0.39 is 15.5 Å². The first-order chi connectivity index (χ1) is 14.2. The van der Waals surface area contributed by atoms with Gasteiger partial charge in [0.05, 0.1) is 5.56 Å². The van der Waals surface area contributed by atoms with Crippen molar-refractivity contribution in [3.05, 3.63) is 64.9 Å². The van der Waals surface area contributed by atoms with Gasteiger partial charge < -0.3 is 9.32 Å². The second-order valence-corrected chi connectivity index (χ2v) is 12.0. The topological polar surface area (TPSA) is 53.8 Å². The molecule has 0 amide bonds. The summed E-state index contributed by atoms with van der Waals surface area (Å²) in [7, 11) is -0.624. The lowest BCUT2D eigenvalue weighted by Gasteiger charge is -2.40. The highest BCUT2D eigenvalue weighted by Gasteiger charge is 2.42. The van der Waals surface area contributed by atoms with Crippen molar-refractivity contribution in [2.75, 3.05) is 39.5 Å². The first-order valence-electron chi connectivity index (χ1n) is 10.4. The average Bonchev–Trinajstić information content (AvgIpc) is 3.13. The Morgan fingerprint density at radius 3 is 2.47 bits per heavy atom. The maximum absolute atomic E-state index is 13.8. The van der Waals surface area contributed by atoms with Crippen LogP contribution in [0.15, 0.2) is 51.8 Å². The van der Waals surface area contributed by atoms with Crippen LogP contribution in [-0.2, 0) is 15.5 Å². The SMILES string of the molecule is CN1CCN([SH](C)(=O)c2ccc3c(c2)C(C)(C)c2oc4ccccc4c2C3=O)CC1. The standard InChI is InChI=1S/C24H28N2O3S/c1-24(2)19-15-16(30(4,28)26-13-11-25(3)12-14-26)9-10-17(19)22(27)21-18-7-5-6-8-20(18)29-23(21)24/h5-10,15,30H,11-14H2,1-4H3. The molecule has 1 aliphatic carbocycles. The van der Waals surface area contributed by atoms with E-state index in [-0.39, 0.29) is 5.78 Å². The van der Waals surface area contributed by atoms with Crippen molar-refractivity contribution in [2.45, 2.75) is 24.2 Å². The van der Waals surface area contributed by atoms with Gasteiger partial charge in [0.15, 0.2) is 5.78 Å². The van der Waals surface area contributed by atoms with Gasteiger partial charge in [-0.3, -0.25) is 9.00 Å². The van der Waals surface area contributed by atoms with E-state index in [1.165, 1.54) is 0 Å². The summed E-state index contributed by atoms with van der Waals surface area (Å²) in [5.74, 6) is 0.685. The molecule has 0 spiro atoms. The first-order valence-corrected chi connectivity index (χ1v) is 12.6. The fourth-order valence-electron chi connectivity index (χ4n) is 4.81. The van der Waals surface area contributed by atoms with E-state index in [0.717, 1.165) is 47.6 Å². The zero-order valence-electron chi connectivity index (χ0n) is 17.9. The molecule has 5 rings (SSSR count). The summed E-state index contributed by atoms with van der Waals surface area (Å²) in [6, 6.07) is 13.4. The molecule has 0 atom stereocenters. The smallest absolute Gasteiger partial charge is 0.197 e. The van der Waals surface area contributed by atoms with Crippen molar-refractivity contribution in [3.63, 3.8) is 0 Å². The molecule has 0 N–H and O–H groups in total. The number of para-hydroxylation sites is 1. The van der Waals surface area contributed by atoms with Crippen LogP contribution in [-0.4, -0.2) is 58.7 Å². The molecular formula is C24H28N2O3S. The lowest BCUT2D eigenvalue weighted by atomic mass is 9.72. The molecule has 0 radical (unpaired) electrons. The Labute approximate surface area is 178 Å². The Kier molecular flexibility index (Phi) is 4.33. The third-order valence-corrected chi connectivity index (χ3v) is 9.53. The molecule has 2 aromatic carbocycles. The summed E-state index contributed by atoms with van der Waals surface area (Å²) in [6.45, 7) is 7.57. The van der Waals surface area contributed by atoms with E-state index in [0.29, 0.717) is 16.9 Å². The average molecular weight is 425 g/mol. The Morgan fingerprint density at radius 1 is 1.03 bits per heavy atom. The fourth-order valence-corrected chi connectivity index (χ4v) is 6.80. The molecule has 158 valence electrons. The number of fused-ring (bicyclic) bond motifs is 4. The number of furan rings is 1. The summed E-state index contributed by atoms with van der Waals surface area (Å²) in [4.78, 5) is 16.5. The lowest BCUT2D eigenvalue weighted by molar-refractivity contribution is 0.102. The third-order valence-electron chi connectivity index (χ3n) is 6.81. The van der Waals surface area contributed by atoms with Gasteiger partial charge >= 0.3 is 0 Å². The summed E-state index contributed by atoms with van der Waals surface area (Å²) >= 11 is 0. The number of nitrogens with zero attached hydrogens (tertiary/aromatic N) is 2. The van der Waals surface area contributed by atoms with E-state index in [2.05, 4.69) is 30.1 Å². The fraction of sp³-hybridized carbons (Fsp3) is 0.375. The number of piperazine rings is 1. The molecule has 5 nitrogen and oxygen atoms in total. The van der Waals surface area contributed by atoms with E-state index in [4.69, 9.17) is 4.42 Å². The molecule has 0 bridgehead atoms. The zero-order chi connectivity index (χ0) is 21.3. The summed E-state index contributed by atoms with van der Waals surface area (Å²) in [5, 5.41) is 0.860. The molecule has 1 fully saturated rings. The first kappa shape index (κ1) is 19.7. The molecule has 3 aromatic rings. The van der Waals surface area contributed by atoms with Gasteiger partial charge in [-0.15, -0.1) is 0 Å². The van der Waals surface area contributed by atoms with Crippen molar-refractivity contribution in [3.8, 4) is 0 Å². The molecule has 2 heterocycles. The summed E-state index contributed by atoms with van der Waals surface area (Å²) < 4.78 is 22.1. The van der Waals surface area contributed by atoms with Crippen LogP contribution in [0, 0.1) is 0 Å². The van der Waals surface area contributed by atoms with Gasteiger partial charge in [-0.1, -0.05) is 18.2 Å². The van der Waals surface area contributed by atoms with Gasteiger partial charge in [-0.05, 0) is 60.8 Å². The normalized spacial score (nSPS) is 20.2. The Balaban J connectivity index is 1.63. The molecule has 1 saturated heterocycles. The predicted octanol–water partition coefficient (Wildman–Crippen LogP) is 3.47. The minimum absolute atomic E-state index is 0.0126. The monoisotopic (exact) mass is 424 g/mol. The second-order valence-electron chi connectivity index (χ2n) is 9.12. The highest BCUT2D eigenvalue weighted by atomic mass is 32.3. The van der Waals surface area contributed by atoms with Crippen LogP contribution in [0.25, 0.3) is 11.0 Å². The summed E-state index contributed by atoms with van der Waals surface area (Å²) in [5.41, 5.74) is 2.48. The number of likely N-dealkylation sites (N-methyl/N-ethyl adjacent to an activating group) is 1. The van der Waals surface area contributed by atoms with E-state index in [1.807, 2.05) is 48.7 Å². The highest BCUT2D eigenvalue weighted by molar-refractivity contribution is 8.00. The molecule has 0 saturated carbocycles. The maximum Gasteiger partial charge on any atom is 0.197 e. The number of carbonyl (C=O) groups is 1. The van der Waals surface area contributed by atoms with Crippen molar-refractivity contribution >= 4 is 26.9 Å². The largest absolute Gasteiger partial charge is 0.459 e. The predicted molar refractivity (Wildman–Crippen MR) is 121 cm³/mol. The molecule has 2 aliphatic rings. The number of ketones is 1. The number of hydrogen-bond donors (Lipinski definition) is 1. The van der Waals surface area contributed by atoms with Gasteiger partial charge in [-0.2, -0.15) is 0 Å². The number of thiol groups is 1. The number of rotatable bonds is 2. The van der Waals surface area contributed by atoms with Crippen LogP contribution in [0.3, 0.4) is 0 Å². The number of benzene rings is 2. The molecule has 1 aromatic heterocycles. The minimum Gasteiger partial charge on any atom is -0.459 e. The third kappa shape index (κ3) is 2.74. The van der Waals surface area contributed by atoms with Gasteiger partial charge in [-0.25, -0.2) is 4.31 Å².